The van der Waals surface area contributed by atoms with Crippen LogP contribution in [-0.2, 0) is 9.59 Å². The van der Waals surface area contributed by atoms with Gasteiger partial charge in [0.1, 0.15) is 11.8 Å². The lowest BCUT2D eigenvalue weighted by atomic mass is 10.0. The van der Waals surface area contributed by atoms with Crippen LogP contribution in [0.25, 0.3) is 0 Å². The third kappa shape index (κ3) is 2.07. The molecule has 2 amide bonds. The summed E-state index contributed by atoms with van der Waals surface area (Å²) in [6, 6.07) is 0.0409. The van der Waals surface area contributed by atoms with Gasteiger partial charge in [-0.25, -0.2) is 0 Å². The summed E-state index contributed by atoms with van der Waals surface area (Å²) in [6.07, 6.45) is 3.18. The number of rotatable bonds is 1. The Morgan fingerprint density at radius 2 is 2.13 bits per heavy atom. The van der Waals surface area contributed by atoms with E-state index in [1.807, 2.05) is 0 Å². The molecule has 0 aliphatic carbocycles. The number of hydrogen-bond donors (Lipinski definition) is 2. The van der Waals surface area contributed by atoms with Crippen LogP contribution < -0.4 is 10.6 Å². The molecule has 1 saturated heterocycles. The number of hydrogen-bond acceptors (Lipinski definition) is 3. The lowest BCUT2D eigenvalue weighted by Gasteiger charge is -2.27. The molecule has 1 fully saturated rings. The maximum atomic E-state index is 11.4. The van der Waals surface area contributed by atoms with E-state index >= 15 is 0 Å². The fourth-order valence-corrected chi connectivity index (χ4v) is 1.84. The Morgan fingerprint density at radius 1 is 1.33 bits per heavy atom. The van der Waals surface area contributed by atoms with Gasteiger partial charge in [-0.05, 0) is 26.3 Å². The standard InChI is InChI=1S/C10H15N3O2/c1-6-9(14)12-8(13-10(6)15)7-4-2-3-5-11-7/h6-7,11H,2-5H2,1H3,(H,12,13,14,15). The van der Waals surface area contributed by atoms with Gasteiger partial charge in [-0.15, -0.1) is 0 Å². The van der Waals surface area contributed by atoms with Crippen LogP contribution in [0.5, 0.6) is 0 Å². The number of aliphatic imine (C=N–C) groups is 1. The van der Waals surface area contributed by atoms with E-state index in [2.05, 4.69) is 15.6 Å². The van der Waals surface area contributed by atoms with Crippen molar-refractivity contribution in [2.24, 2.45) is 10.9 Å². The van der Waals surface area contributed by atoms with Gasteiger partial charge in [-0.1, -0.05) is 6.42 Å². The second-order valence-corrected chi connectivity index (χ2v) is 4.05. The summed E-state index contributed by atoms with van der Waals surface area (Å²) in [5.41, 5.74) is 0. The summed E-state index contributed by atoms with van der Waals surface area (Å²) in [5, 5.41) is 5.94. The van der Waals surface area contributed by atoms with Gasteiger partial charge in [-0.2, -0.15) is 4.99 Å². The maximum Gasteiger partial charge on any atom is 0.259 e. The zero-order valence-electron chi connectivity index (χ0n) is 8.75. The van der Waals surface area contributed by atoms with E-state index < -0.39 is 5.92 Å². The molecule has 0 saturated carbocycles. The molecule has 0 aromatic heterocycles. The molecule has 0 aromatic carbocycles. The first-order chi connectivity index (χ1) is 7.18. The number of amides is 2. The van der Waals surface area contributed by atoms with E-state index in [1.165, 1.54) is 0 Å². The predicted octanol–water partition coefficient (Wildman–Crippen LogP) is -0.181. The van der Waals surface area contributed by atoms with Crippen molar-refractivity contribution < 1.29 is 9.59 Å². The van der Waals surface area contributed by atoms with E-state index in [-0.39, 0.29) is 17.9 Å². The minimum Gasteiger partial charge on any atom is -0.312 e. The van der Waals surface area contributed by atoms with Crippen LogP contribution in [0.1, 0.15) is 26.2 Å². The molecule has 2 atom stereocenters. The fourth-order valence-electron chi connectivity index (χ4n) is 1.84. The minimum absolute atomic E-state index is 0.0409. The van der Waals surface area contributed by atoms with Crippen LogP contribution in [0.15, 0.2) is 4.99 Å². The second kappa shape index (κ2) is 4.10. The van der Waals surface area contributed by atoms with Crippen molar-refractivity contribution in [2.75, 3.05) is 6.54 Å². The molecular weight excluding hydrogens is 194 g/mol. The van der Waals surface area contributed by atoms with E-state index in [0.717, 1.165) is 25.8 Å². The van der Waals surface area contributed by atoms with Gasteiger partial charge in [0.25, 0.3) is 5.91 Å². The van der Waals surface area contributed by atoms with Crippen molar-refractivity contribution >= 4 is 17.6 Å². The van der Waals surface area contributed by atoms with Gasteiger partial charge in [0.2, 0.25) is 5.91 Å². The van der Waals surface area contributed by atoms with Crippen LogP contribution >= 0.6 is 0 Å². The average Bonchev–Trinajstić information content (AvgIpc) is 2.26. The molecule has 5 heteroatoms. The van der Waals surface area contributed by atoms with E-state index in [0.29, 0.717) is 5.84 Å². The number of carbonyl (C=O) groups excluding carboxylic acids is 2. The number of piperidine rings is 1. The normalized spacial score (nSPS) is 32.2. The second-order valence-electron chi connectivity index (χ2n) is 4.05. The smallest absolute Gasteiger partial charge is 0.259 e. The van der Waals surface area contributed by atoms with Crippen molar-refractivity contribution in [3.63, 3.8) is 0 Å². The van der Waals surface area contributed by atoms with Crippen molar-refractivity contribution in [3.8, 4) is 0 Å². The molecule has 0 spiro atoms. The molecule has 0 bridgehead atoms. The van der Waals surface area contributed by atoms with E-state index in [1.54, 1.807) is 6.92 Å². The molecule has 0 radical (unpaired) electrons. The summed E-state index contributed by atoms with van der Waals surface area (Å²) in [5.74, 6) is -0.710. The minimum atomic E-state index is -0.641. The largest absolute Gasteiger partial charge is 0.312 e. The zero-order chi connectivity index (χ0) is 10.8. The Bertz CT molecular complexity index is 319. The summed E-state index contributed by atoms with van der Waals surface area (Å²) in [7, 11) is 0. The Labute approximate surface area is 88.3 Å². The van der Waals surface area contributed by atoms with Crippen molar-refractivity contribution in [1.29, 1.82) is 0 Å². The highest BCUT2D eigenvalue weighted by Gasteiger charge is 2.31. The summed E-state index contributed by atoms with van der Waals surface area (Å²) < 4.78 is 0. The Hall–Kier alpha value is -1.23. The van der Waals surface area contributed by atoms with E-state index in [4.69, 9.17) is 0 Å². The molecule has 2 N–H and O–H groups in total. The van der Waals surface area contributed by atoms with Crippen LogP contribution in [0.3, 0.4) is 0 Å². The maximum absolute atomic E-state index is 11.4. The third-order valence-electron chi connectivity index (χ3n) is 2.89. The van der Waals surface area contributed by atoms with Gasteiger partial charge in [0.05, 0.1) is 6.04 Å². The first-order valence-corrected chi connectivity index (χ1v) is 5.35. The fraction of sp³-hybridized carbons (Fsp3) is 0.700. The molecule has 15 heavy (non-hydrogen) atoms. The Balaban J connectivity index is 2.12. The summed E-state index contributed by atoms with van der Waals surface area (Å²) in [4.78, 5) is 26.7. The van der Waals surface area contributed by atoms with E-state index in [9.17, 15) is 9.59 Å². The molecular formula is C10H15N3O2. The van der Waals surface area contributed by atoms with Crippen molar-refractivity contribution in [1.82, 2.24) is 10.6 Å². The summed E-state index contributed by atoms with van der Waals surface area (Å²) in [6.45, 7) is 2.50. The van der Waals surface area contributed by atoms with Crippen molar-refractivity contribution in [3.05, 3.63) is 0 Å². The topological polar surface area (TPSA) is 70.6 Å². The molecule has 2 unspecified atom stereocenters. The molecule has 2 heterocycles. The van der Waals surface area contributed by atoms with Crippen LogP contribution in [0.4, 0.5) is 0 Å². The van der Waals surface area contributed by atoms with Crippen LogP contribution in [0, 0.1) is 5.92 Å². The highest BCUT2D eigenvalue weighted by Crippen LogP contribution is 2.12. The van der Waals surface area contributed by atoms with Gasteiger partial charge in [0.15, 0.2) is 0 Å². The lowest BCUT2D eigenvalue weighted by Crippen LogP contribution is -2.53. The highest BCUT2D eigenvalue weighted by atomic mass is 16.2. The molecule has 2 aliphatic rings. The van der Waals surface area contributed by atoms with Crippen LogP contribution in [-0.4, -0.2) is 30.2 Å². The summed E-state index contributed by atoms with van der Waals surface area (Å²) >= 11 is 0. The Kier molecular flexibility index (Phi) is 2.81. The molecule has 0 aromatic rings. The van der Waals surface area contributed by atoms with Gasteiger partial charge < -0.3 is 10.6 Å². The first-order valence-electron chi connectivity index (χ1n) is 5.35. The van der Waals surface area contributed by atoms with Crippen molar-refractivity contribution in [2.45, 2.75) is 32.2 Å². The van der Waals surface area contributed by atoms with Crippen LogP contribution in [0.2, 0.25) is 0 Å². The molecule has 5 nitrogen and oxygen atoms in total. The first kappa shape index (κ1) is 10.3. The number of carbonyl (C=O) groups is 2. The third-order valence-corrected chi connectivity index (χ3v) is 2.89. The molecule has 2 aliphatic heterocycles. The molecule has 2 rings (SSSR count). The molecule has 82 valence electrons. The lowest BCUT2D eigenvalue weighted by molar-refractivity contribution is -0.132. The van der Waals surface area contributed by atoms with Gasteiger partial charge >= 0.3 is 0 Å². The SMILES string of the molecule is CC1C(=O)N=C(C2CCCCN2)NC1=O. The zero-order valence-corrected chi connectivity index (χ0v) is 8.75. The average molecular weight is 209 g/mol. The predicted molar refractivity (Wildman–Crippen MR) is 55.4 cm³/mol. The highest BCUT2D eigenvalue weighted by molar-refractivity contribution is 6.16. The Morgan fingerprint density at radius 3 is 2.73 bits per heavy atom. The number of nitrogens with zero attached hydrogens (tertiary/aromatic N) is 1. The quantitative estimate of drug-likeness (QED) is 0.588. The number of amidine groups is 1. The van der Waals surface area contributed by atoms with Gasteiger partial charge in [0, 0.05) is 0 Å². The monoisotopic (exact) mass is 209 g/mol. The number of nitrogens with one attached hydrogen (secondary N) is 2. The van der Waals surface area contributed by atoms with Gasteiger partial charge in [-0.3, -0.25) is 9.59 Å².